The van der Waals surface area contributed by atoms with Gasteiger partial charge in [-0.3, -0.25) is 0 Å². The molecule has 1 aromatic carbocycles. The highest BCUT2D eigenvalue weighted by Crippen LogP contribution is 2.07. The zero-order valence-electron chi connectivity index (χ0n) is 9.42. The second-order valence-electron chi connectivity index (χ2n) is 3.47. The Kier molecular flexibility index (Phi) is 4.51. The number of carbonyl (C=O) groups excluding carboxylic acids is 2. The molecule has 0 fully saturated rings. The molecule has 0 aliphatic heterocycles. The van der Waals surface area contributed by atoms with Gasteiger partial charge in [0.05, 0.1) is 13.2 Å². The summed E-state index contributed by atoms with van der Waals surface area (Å²) in [7, 11) is 2.84. The fourth-order valence-corrected chi connectivity index (χ4v) is 1.41. The summed E-state index contributed by atoms with van der Waals surface area (Å²) in [4.78, 5) is 23.5. The Morgan fingerprint density at radius 2 is 2.06 bits per heavy atom. The first-order chi connectivity index (χ1) is 7.69. The zero-order valence-corrected chi connectivity index (χ0v) is 9.42. The molecule has 0 aliphatic carbocycles. The van der Waals surface area contributed by atoms with E-state index >= 15 is 0 Å². The minimum Gasteiger partial charge on any atom is -0.453 e. The number of aldehydes is 1. The van der Waals surface area contributed by atoms with Crippen molar-refractivity contribution in [3.8, 4) is 0 Å². The van der Waals surface area contributed by atoms with E-state index in [4.69, 9.17) is 0 Å². The molecule has 0 heterocycles. The lowest BCUT2D eigenvalue weighted by Crippen LogP contribution is -2.39. The highest BCUT2D eigenvalue weighted by atomic mass is 16.5. The Balaban J connectivity index is 2.69. The van der Waals surface area contributed by atoms with E-state index in [1.54, 1.807) is 7.05 Å². The largest absolute Gasteiger partial charge is 0.453 e. The first-order valence-electron chi connectivity index (χ1n) is 4.99. The third-order valence-electron chi connectivity index (χ3n) is 2.40. The molecule has 0 aliphatic rings. The predicted molar refractivity (Wildman–Crippen MR) is 60.2 cm³/mol. The molecule has 1 rings (SSSR count). The summed E-state index contributed by atoms with van der Waals surface area (Å²) in [5.74, 6) is 0. The van der Waals surface area contributed by atoms with E-state index in [0.717, 1.165) is 11.8 Å². The van der Waals surface area contributed by atoms with Crippen molar-refractivity contribution in [2.24, 2.45) is 0 Å². The highest BCUT2D eigenvalue weighted by Gasteiger charge is 2.19. The Hall–Kier alpha value is -1.84. The maximum Gasteiger partial charge on any atom is 0.409 e. The van der Waals surface area contributed by atoms with Crippen LogP contribution in [-0.4, -0.2) is 37.5 Å². The quantitative estimate of drug-likeness (QED) is 0.724. The third kappa shape index (κ3) is 3.08. The topological polar surface area (TPSA) is 46.6 Å². The Labute approximate surface area is 94.8 Å². The standard InChI is InChI=1S/C12H15NO3/c1-13(12(15)16-2)11(9-14)8-10-6-4-3-5-7-10/h3-7,9,11H,8H2,1-2H3/t11-/m1/s1. The van der Waals surface area contributed by atoms with Gasteiger partial charge in [0.1, 0.15) is 6.29 Å². The molecule has 16 heavy (non-hydrogen) atoms. The van der Waals surface area contributed by atoms with Gasteiger partial charge < -0.3 is 14.4 Å². The van der Waals surface area contributed by atoms with Crippen LogP contribution < -0.4 is 0 Å². The van der Waals surface area contributed by atoms with Gasteiger partial charge in [0.2, 0.25) is 0 Å². The number of rotatable bonds is 4. The van der Waals surface area contributed by atoms with Gasteiger partial charge in [0.15, 0.2) is 0 Å². The molecule has 0 bridgehead atoms. The normalized spacial score (nSPS) is 11.6. The molecule has 1 aromatic rings. The SMILES string of the molecule is COC(=O)N(C)[C@@H](C=O)Cc1ccccc1. The first-order valence-corrected chi connectivity index (χ1v) is 4.99. The van der Waals surface area contributed by atoms with E-state index in [0.29, 0.717) is 6.42 Å². The number of methoxy groups -OCH3 is 1. The first kappa shape index (κ1) is 12.2. The van der Waals surface area contributed by atoms with Gasteiger partial charge in [-0.2, -0.15) is 0 Å². The molecule has 0 radical (unpaired) electrons. The van der Waals surface area contributed by atoms with Crippen LogP contribution in [0.2, 0.25) is 0 Å². The number of likely N-dealkylation sites (N-methyl/N-ethyl adjacent to an activating group) is 1. The number of amides is 1. The van der Waals surface area contributed by atoms with Gasteiger partial charge in [0, 0.05) is 7.05 Å². The van der Waals surface area contributed by atoms with Crippen LogP contribution in [-0.2, 0) is 16.0 Å². The van der Waals surface area contributed by atoms with Crippen molar-refractivity contribution >= 4 is 12.4 Å². The van der Waals surface area contributed by atoms with Gasteiger partial charge >= 0.3 is 6.09 Å². The maximum atomic E-state index is 11.2. The number of benzene rings is 1. The molecule has 0 saturated carbocycles. The molecule has 4 nitrogen and oxygen atoms in total. The molecule has 0 N–H and O–H groups in total. The molecule has 0 saturated heterocycles. The number of carbonyl (C=O) groups is 2. The number of ether oxygens (including phenoxy) is 1. The third-order valence-corrected chi connectivity index (χ3v) is 2.40. The molecular weight excluding hydrogens is 206 g/mol. The highest BCUT2D eigenvalue weighted by molar-refractivity contribution is 5.73. The number of hydrogen-bond acceptors (Lipinski definition) is 3. The van der Waals surface area contributed by atoms with Crippen LogP contribution in [0.25, 0.3) is 0 Å². The minimum atomic E-state index is -0.506. The number of hydrogen-bond donors (Lipinski definition) is 0. The average Bonchev–Trinajstić information content (AvgIpc) is 2.35. The van der Waals surface area contributed by atoms with Crippen molar-refractivity contribution in [1.82, 2.24) is 4.90 Å². The van der Waals surface area contributed by atoms with Crippen LogP contribution in [0.4, 0.5) is 4.79 Å². The Morgan fingerprint density at radius 3 is 2.56 bits per heavy atom. The summed E-state index contributed by atoms with van der Waals surface area (Å²) in [6, 6.07) is 9.05. The lowest BCUT2D eigenvalue weighted by atomic mass is 10.1. The Bertz CT molecular complexity index is 351. The van der Waals surface area contributed by atoms with E-state index in [2.05, 4.69) is 4.74 Å². The molecule has 0 spiro atoms. The van der Waals surface area contributed by atoms with Crippen molar-refractivity contribution < 1.29 is 14.3 Å². The van der Waals surface area contributed by atoms with Crippen molar-refractivity contribution in [3.63, 3.8) is 0 Å². The Morgan fingerprint density at radius 1 is 1.44 bits per heavy atom. The molecule has 1 amide bonds. The fourth-order valence-electron chi connectivity index (χ4n) is 1.41. The van der Waals surface area contributed by atoms with E-state index in [9.17, 15) is 9.59 Å². The lowest BCUT2D eigenvalue weighted by molar-refractivity contribution is -0.111. The van der Waals surface area contributed by atoms with Crippen LogP contribution in [0, 0.1) is 0 Å². The fraction of sp³-hybridized carbons (Fsp3) is 0.333. The van der Waals surface area contributed by atoms with Crippen molar-refractivity contribution in [1.29, 1.82) is 0 Å². The average molecular weight is 221 g/mol. The van der Waals surface area contributed by atoms with E-state index in [-0.39, 0.29) is 0 Å². The number of nitrogens with zero attached hydrogens (tertiary/aromatic N) is 1. The van der Waals surface area contributed by atoms with Gasteiger partial charge in [0.25, 0.3) is 0 Å². The molecular formula is C12H15NO3. The molecule has 4 heteroatoms. The van der Waals surface area contributed by atoms with Gasteiger partial charge in [-0.05, 0) is 12.0 Å². The molecule has 0 unspecified atom stereocenters. The predicted octanol–water partition coefficient (Wildman–Crippen LogP) is 1.49. The maximum absolute atomic E-state index is 11.2. The minimum absolute atomic E-state index is 0.491. The van der Waals surface area contributed by atoms with Gasteiger partial charge in [-0.1, -0.05) is 30.3 Å². The summed E-state index contributed by atoms with van der Waals surface area (Å²) in [5, 5.41) is 0. The van der Waals surface area contributed by atoms with E-state index < -0.39 is 12.1 Å². The smallest absolute Gasteiger partial charge is 0.409 e. The van der Waals surface area contributed by atoms with Crippen LogP contribution in [0.15, 0.2) is 30.3 Å². The van der Waals surface area contributed by atoms with E-state index in [1.807, 2.05) is 30.3 Å². The molecule has 0 aromatic heterocycles. The monoisotopic (exact) mass is 221 g/mol. The second-order valence-corrected chi connectivity index (χ2v) is 3.47. The summed E-state index contributed by atoms with van der Waals surface area (Å²) in [6.07, 6.45) is 0.743. The molecule has 86 valence electrons. The van der Waals surface area contributed by atoms with Crippen LogP contribution in [0.3, 0.4) is 0 Å². The zero-order chi connectivity index (χ0) is 12.0. The second kappa shape index (κ2) is 5.90. The van der Waals surface area contributed by atoms with Crippen LogP contribution >= 0.6 is 0 Å². The lowest BCUT2D eigenvalue weighted by Gasteiger charge is -2.22. The summed E-state index contributed by atoms with van der Waals surface area (Å²) in [5.41, 5.74) is 1.01. The van der Waals surface area contributed by atoms with Crippen molar-refractivity contribution in [2.45, 2.75) is 12.5 Å². The van der Waals surface area contributed by atoms with Gasteiger partial charge in [-0.25, -0.2) is 4.79 Å². The summed E-state index contributed by atoms with van der Waals surface area (Å²) >= 11 is 0. The summed E-state index contributed by atoms with van der Waals surface area (Å²) in [6.45, 7) is 0. The summed E-state index contributed by atoms with van der Waals surface area (Å²) < 4.78 is 4.56. The molecule has 1 atom stereocenters. The van der Waals surface area contributed by atoms with Crippen molar-refractivity contribution in [2.75, 3.05) is 14.2 Å². The van der Waals surface area contributed by atoms with Gasteiger partial charge in [-0.15, -0.1) is 0 Å². The van der Waals surface area contributed by atoms with Crippen LogP contribution in [0.1, 0.15) is 5.56 Å². The van der Waals surface area contributed by atoms with Crippen LogP contribution in [0.5, 0.6) is 0 Å². The van der Waals surface area contributed by atoms with E-state index in [1.165, 1.54) is 12.0 Å². The van der Waals surface area contributed by atoms with Crippen molar-refractivity contribution in [3.05, 3.63) is 35.9 Å².